The molecule has 166 valence electrons. The van der Waals surface area contributed by atoms with Gasteiger partial charge in [0.15, 0.2) is 10.9 Å². The third-order valence-corrected chi connectivity index (χ3v) is 6.92. The molecule has 2 aliphatic rings. The Bertz CT molecular complexity index is 1340. The summed E-state index contributed by atoms with van der Waals surface area (Å²) < 4.78 is 0.958. The van der Waals surface area contributed by atoms with Gasteiger partial charge in [-0.05, 0) is 37.5 Å². The number of Topliss-reactive ketones (excluding diaryl/α,β-unsaturated/α-hetero) is 1. The molecule has 0 spiro atoms. The molecule has 1 aliphatic carbocycles. The summed E-state index contributed by atoms with van der Waals surface area (Å²) >= 11 is 1.38. The number of carbonyl (C=O) groups excluding carboxylic acids is 2. The van der Waals surface area contributed by atoms with Crippen LogP contribution in [-0.2, 0) is 9.59 Å². The number of anilines is 1. The SMILES string of the molecule is CC1=C(C(=O)Nc2nc3ccccc3s2)[C@H](c2ccc([N+](=O)[O-])cc2)C2=C(CCCC2=O)N1. The summed E-state index contributed by atoms with van der Waals surface area (Å²) in [4.78, 5) is 41.6. The van der Waals surface area contributed by atoms with Gasteiger partial charge < -0.3 is 5.32 Å². The zero-order valence-corrected chi connectivity index (χ0v) is 18.6. The van der Waals surface area contributed by atoms with Crippen molar-refractivity contribution in [3.63, 3.8) is 0 Å². The summed E-state index contributed by atoms with van der Waals surface area (Å²) in [6, 6.07) is 13.7. The second-order valence-corrected chi connectivity index (χ2v) is 9.09. The fourth-order valence-electron chi connectivity index (χ4n) is 4.50. The van der Waals surface area contributed by atoms with Gasteiger partial charge in [-0.3, -0.25) is 25.0 Å². The molecular formula is C24H20N4O4S. The molecule has 2 aromatic carbocycles. The average molecular weight is 461 g/mol. The quantitative estimate of drug-likeness (QED) is 0.427. The molecule has 0 fully saturated rings. The molecular weight excluding hydrogens is 440 g/mol. The highest BCUT2D eigenvalue weighted by molar-refractivity contribution is 7.22. The number of para-hydroxylation sites is 1. The summed E-state index contributed by atoms with van der Waals surface area (Å²) in [7, 11) is 0. The Kier molecular flexibility index (Phi) is 5.26. The number of nitro groups is 1. The molecule has 1 amide bonds. The van der Waals surface area contributed by atoms with Crippen LogP contribution in [0.3, 0.4) is 0 Å². The summed E-state index contributed by atoms with van der Waals surface area (Å²) in [5.74, 6) is -0.971. The van der Waals surface area contributed by atoms with E-state index in [1.165, 1.54) is 23.5 Å². The lowest BCUT2D eigenvalue weighted by Crippen LogP contribution is -2.35. The summed E-state index contributed by atoms with van der Waals surface area (Å²) in [6.45, 7) is 1.81. The van der Waals surface area contributed by atoms with Gasteiger partial charge in [0.1, 0.15) is 0 Å². The Morgan fingerprint density at radius 2 is 1.94 bits per heavy atom. The zero-order chi connectivity index (χ0) is 23.1. The van der Waals surface area contributed by atoms with Gasteiger partial charge in [-0.2, -0.15) is 0 Å². The molecule has 9 heteroatoms. The fraction of sp³-hybridized carbons (Fsp3) is 0.208. The van der Waals surface area contributed by atoms with Crippen molar-refractivity contribution in [1.29, 1.82) is 0 Å². The molecule has 5 rings (SSSR count). The number of nitrogens with zero attached hydrogens (tertiary/aromatic N) is 2. The standard InChI is InChI=1S/C24H20N4O4S/c1-13-20(23(30)27-24-26-16-5-2-3-8-19(16)33-24)21(14-9-11-15(12-10-14)28(31)32)22-17(25-13)6-4-7-18(22)29/h2-3,5,8-12,21,25H,4,6-7H2,1H3,(H,26,27,30)/t21-/m0/s1. The zero-order valence-electron chi connectivity index (χ0n) is 17.8. The summed E-state index contributed by atoms with van der Waals surface area (Å²) in [5.41, 5.74) is 3.88. The Hall–Kier alpha value is -3.85. The lowest BCUT2D eigenvalue weighted by Gasteiger charge is -2.34. The van der Waals surface area contributed by atoms with Gasteiger partial charge in [0, 0.05) is 47.0 Å². The van der Waals surface area contributed by atoms with E-state index in [1.54, 1.807) is 12.1 Å². The molecule has 1 atom stereocenters. The van der Waals surface area contributed by atoms with Crippen LogP contribution in [-0.4, -0.2) is 21.6 Å². The van der Waals surface area contributed by atoms with Gasteiger partial charge in [0.25, 0.3) is 11.6 Å². The van der Waals surface area contributed by atoms with Crippen LogP contribution in [0.5, 0.6) is 0 Å². The van der Waals surface area contributed by atoms with Gasteiger partial charge in [0.2, 0.25) is 0 Å². The maximum atomic E-state index is 13.5. The smallest absolute Gasteiger partial charge is 0.269 e. The molecule has 0 radical (unpaired) electrons. The predicted molar refractivity (Wildman–Crippen MR) is 126 cm³/mol. The van der Waals surface area contributed by atoms with Gasteiger partial charge in [-0.25, -0.2) is 4.98 Å². The number of nitro benzene ring substituents is 1. The highest BCUT2D eigenvalue weighted by Crippen LogP contribution is 2.43. The topological polar surface area (TPSA) is 114 Å². The van der Waals surface area contributed by atoms with Crippen LogP contribution in [0.25, 0.3) is 10.2 Å². The summed E-state index contributed by atoms with van der Waals surface area (Å²) in [5, 5.41) is 17.8. The molecule has 1 aliphatic heterocycles. The molecule has 2 N–H and O–H groups in total. The summed E-state index contributed by atoms with van der Waals surface area (Å²) in [6.07, 6.45) is 1.88. The van der Waals surface area contributed by atoms with E-state index >= 15 is 0 Å². The second-order valence-electron chi connectivity index (χ2n) is 8.06. The Morgan fingerprint density at radius 1 is 1.18 bits per heavy atom. The lowest BCUT2D eigenvalue weighted by molar-refractivity contribution is -0.384. The number of aromatic nitrogens is 1. The second kappa shape index (κ2) is 8.25. The van der Waals surface area contributed by atoms with Crippen LogP contribution in [0.4, 0.5) is 10.8 Å². The van der Waals surface area contributed by atoms with Crippen molar-refractivity contribution in [3.8, 4) is 0 Å². The molecule has 2 heterocycles. The first-order valence-corrected chi connectivity index (χ1v) is 11.4. The van der Waals surface area contributed by atoms with Crippen LogP contribution in [0.1, 0.15) is 37.7 Å². The number of thiazole rings is 1. The van der Waals surface area contributed by atoms with Gasteiger partial charge in [0.05, 0.1) is 15.1 Å². The van der Waals surface area contributed by atoms with Crippen LogP contribution in [0.15, 0.2) is 71.1 Å². The number of non-ortho nitro benzene ring substituents is 1. The minimum atomic E-state index is -0.607. The highest BCUT2D eigenvalue weighted by Gasteiger charge is 2.38. The largest absolute Gasteiger partial charge is 0.362 e. The molecule has 0 saturated heterocycles. The van der Waals surface area contributed by atoms with E-state index in [2.05, 4.69) is 15.6 Å². The number of rotatable bonds is 4. The number of fused-ring (bicyclic) bond motifs is 1. The van der Waals surface area contributed by atoms with Crippen molar-refractivity contribution in [3.05, 3.63) is 86.7 Å². The van der Waals surface area contributed by atoms with Crippen molar-refractivity contribution in [1.82, 2.24) is 10.3 Å². The van der Waals surface area contributed by atoms with Gasteiger partial charge in [-0.1, -0.05) is 35.6 Å². The molecule has 0 bridgehead atoms. The van der Waals surface area contributed by atoms with E-state index in [0.717, 1.165) is 22.3 Å². The van der Waals surface area contributed by atoms with Crippen LogP contribution in [0.2, 0.25) is 0 Å². The molecule has 0 unspecified atom stereocenters. The van der Waals surface area contributed by atoms with Crippen molar-refractivity contribution in [2.75, 3.05) is 5.32 Å². The van der Waals surface area contributed by atoms with Crippen molar-refractivity contribution in [2.24, 2.45) is 0 Å². The molecule has 3 aromatic rings. The Labute approximate surface area is 193 Å². The van der Waals surface area contributed by atoms with E-state index in [4.69, 9.17) is 0 Å². The van der Waals surface area contributed by atoms with Gasteiger partial charge >= 0.3 is 0 Å². The van der Waals surface area contributed by atoms with E-state index in [0.29, 0.717) is 40.4 Å². The predicted octanol–water partition coefficient (Wildman–Crippen LogP) is 4.81. The molecule has 33 heavy (non-hydrogen) atoms. The minimum Gasteiger partial charge on any atom is -0.362 e. The minimum absolute atomic E-state index is 0.00936. The van der Waals surface area contributed by atoms with E-state index in [-0.39, 0.29) is 17.4 Å². The first-order valence-electron chi connectivity index (χ1n) is 10.6. The number of carbonyl (C=O) groups is 2. The van der Waals surface area contributed by atoms with Crippen molar-refractivity contribution < 1.29 is 14.5 Å². The first kappa shape index (κ1) is 21.0. The number of hydrogen-bond acceptors (Lipinski definition) is 7. The monoisotopic (exact) mass is 460 g/mol. The Balaban J connectivity index is 1.56. The molecule has 8 nitrogen and oxygen atoms in total. The molecule has 0 saturated carbocycles. The number of nitrogens with one attached hydrogen (secondary N) is 2. The first-order chi connectivity index (χ1) is 15.9. The number of dihydropyridines is 1. The lowest BCUT2D eigenvalue weighted by atomic mass is 9.75. The maximum Gasteiger partial charge on any atom is 0.269 e. The number of allylic oxidation sites excluding steroid dienone is 3. The number of amides is 1. The Morgan fingerprint density at radius 3 is 2.67 bits per heavy atom. The van der Waals surface area contributed by atoms with E-state index in [1.807, 2.05) is 31.2 Å². The number of ketones is 1. The number of hydrogen-bond donors (Lipinski definition) is 2. The van der Waals surface area contributed by atoms with Crippen LogP contribution < -0.4 is 10.6 Å². The average Bonchev–Trinajstić information content (AvgIpc) is 3.20. The van der Waals surface area contributed by atoms with Crippen molar-refractivity contribution >= 4 is 44.1 Å². The van der Waals surface area contributed by atoms with Crippen LogP contribution in [0, 0.1) is 10.1 Å². The maximum absolute atomic E-state index is 13.5. The van der Waals surface area contributed by atoms with E-state index < -0.39 is 10.8 Å². The van der Waals surface area contributed by atoms with Crippen molar-refractivity contribution in [2.45, 2.75) is 32.1 Å². The third kappa shape index (κ3) is 3.80. The third-order valence-electron chi connectivity index (χ3n) is 5.97. The normalized spacial score (nSPS) is 18.2. The highest BCUT2D eigenvalue weighted by atomic mass is 32.1. The molecule has 1 aromatic heterocycles. The van der Waals surface area contributed by atoms with Crippen LogP contribution >= 0.6 is 11.3 Å². The fourth-order valence-corrected chi connectivity index (χ4v) is 5.36. The van der Waals surface area contributed by atoms with Gasteiger partial charge in [-0.15, -0.1) is 0 Å². The number of benzene rings is 2. The van der Waals surface area contributed by atoms with E-state index in [9.17, 15) is 19.7 Å².